The summed E-state index contributed by atoms with van der Waals surface area (Å²) in [4.78, 5) is 36.2. The Labute approximate surface area is 125 Å². The summed E-state index contributed by atoms with van der Waals surface area (Å²) in [5, 5.41) is 19.9. The van der Waals surface area contributed by atoms with Gasteiger partial charge in [0, 0.05) is 12.3 Å². The topological polar surface area (TPSA) is 131 Å². The molecule has 2 heterocycles. The number of esters is 1. The van der Waals surface area contributed by atoms with Crippen molar-refractivity contribution in [1.29, 1.82) is 0 Å². The number of nitrogens with zero attached hydrogens (tertiary/aromatic N) is 1. The number of aliphatic hydroxyl groups excluding tert-OH is 2. The van der Waals surface area contributed by atoms with Crippen LogP contribution in [0.3, 0.4) is 0 Å². The summed E-state index contributed by atoms with van der Waals surface area (Å²) in [6, 6.07) is 1.09. The number of hydrogen-bond acceptors (Lipinski definition) is 7. The van der Waals surface area contributed by atoms with E-state index >= 15 is 0 Å². The molecule has 0 aliphatic carbocycles. The summed E-state index contributed by atoms with van der Waals surface area (Å²) in [7, 11) is 0. The van der Waals surface area contributed by atoms with E-state index < -0.39 is 41.8 Å². The molecule has 1 fully saturated rings. The van der Waals surface area contributed by atoms with E-state index in [1.807, 2.05) is 4.98 Å². The standard InChI is InChI=1S/C13H18N2O7/c1-6(2)12(19)21-5-7-9(17)10(18)11(22-7)15-4-3-8(16)14-13(15)20/h3-4,6-7,9-11,17-18H,5H2,1-2H3,(H,14,16,20)/t7?,9-,10-,11-/m1/s1. The van der Waals surface area contributed by atoms with Crippen LogP contribution in [0.4, 0.5) is 0 Å². The maximum atomic E-state index is 11.7. The zero-order chi connectivity index (χ0) is 16.4. The van der Waals surface area contributed by atoms with E-state index in [0.717, 1.165) is 16.8 Å². The predicted molar refractivity (Wildman–Crippen MR) is 73.0 cm³/mol. The third-order valence-electron chi connectivity index (χ3n) is 3.32. The van der Waals surface area contributed by atoms with E-state index in [2.05, 4.69) is 0 Å². The second-order valence-electron chi connectivity index (χ2n) is 5.35. The predicted octanol–water partition coefficient (Wildman–Crippen LogP) is -1.64. The summed E-state index contributed by atoms with van der Waals surface area (Å²) in [5.74, 6) is -0.795. The maximum Gasteiger partial charge on any atom is 0.330 e. The van der Waals surface area contributed by atoms with E-state index in [0.29, 0.717) is 0 Å². The van der Waals surface area contributed by atoms with Crippen LogP contribution in [0.1, 0.15) is 20.1 Å². The third kappa shape index (κ3) is 3.26. The molecule has 0 radical (unpaired) electrons. The van der Waals surface area contributed by atoms with Gasteiger partial charge in [0.05, 0.1) is 5.92 Å². The van der Waals surface area contributed by atoms with Gasteiger partial charge in [0.15, 0.2) is 6.23 Å². The molecule has 3 N–H and O–H groups in total. The van der Waals surface area contributed by atoms with Crippen molar-refractivity contribution in [3.05, 3.63) is 33.1 Å². The van der Waals surface area contributed by atoms with Gasteiger partial charge in [0.1, 0.15) is 24.9 Å². The van der Waals surface area contributed by atoms with Gasteiger partial charge in [-0.25, -0.2) is 4.79 Å². The van der Waals surface area contributed by atoms with Crippen molar-refractivity contribution in [3.8, 4) is 0 Å². The first kappa shape index (κ1) is 16.4. The fourth-order valence-corrected chi connectivity index (χ4v) is 2.06. The molecule has 0 amide bonds. The van der Waals surface area contributed by atoms with E-state index in [-0.39, 0.29) is 12.5 Å². The molecule has 0 bridgehead atoms. The van der Waals surface area contributed by atoms with Gasteiger partial charge < -0.3 is 19.7 Å². The van der Waals surface area contributed by atoms with Gasteiger partial charge >= 0.3 is 11.7 Å². The smallest absolute Gasteiger partial charge is 0.330 e. The minimum absolute atomic E-state index is 0.246. The quantitative estimate of drug-likeness (QED) is 0.568. The number of aromatic nitrogens is 2. The van der Waals surface area contributed by atoms with Crippen molar-refractivity contribution in [2.75, 3.05) is 6.61 Å². The van der Waals surface area contributed by atoms with Crippen LogP contribution in [0.5, 0.6) is 0 Å². The van der Waals surface area contributed by atoms with Crippen molar-refractivity contribution in [3.63, 3.8) is 0 Å². The summed E-state index contributed by atoms with van der Waals surface area (Å²) >= 11 is 0. The number of nitrogens with one attached hydrogen (secondary N) is 1. The second-order valence-corrected chi connectivity index (χ2v) is 5.35. The average Bonchev–Trinajstić information content (AvgIpc) is 2.73. The van der Waals surface area contributed by atoms with E-state index in [4.69, 9.17) is 9.47 Å². The zero-order valence-corrected chi connectivity index (χ0v) is 12.1. The monoisotopic (exact) mass is 314 g/mol. The van der Waals surface area contributed by atoms with Crippen LogP contribution in [0.15, 0.2) is 21.9 Å². The molecule has 9 heteroatoms. The maximum absolute atomic E-state index is 11.7. The van der Waals surface area contributed by atoms with Crippen LogP contribution in [0, 0.1) is 5.92 Å². The number of carbonyl (C=O) groups is 1. The summed E-state index contributed by atoms with van der Waals surface area (Å²) in [6.07, 6.45) is -3.72. The number of carbonyl (C=O) groups excluding carboxylic acids is 1. The van der Waals surface area contributed by atoms with E-state index in [9.17, 15) is 24.6 Å². The highest BCUT2D eigenvalue weighted by Gasteiger charge is 2.44. The van der Waals surface area contributed by atoms with Crippen molar-refractivity contribution in [1.82, 2.24) is 9.55 Å². The highest BCUT2D eigenvalue weighted by atomic mass is 16.6. The number of H-pyrrole nitrogens is 1. The second kappa shape index (κ2) is 6.42. The lowest BCUT2D eigenvalue weighted by Gasteiger charge is -2.16. The lowest BCUT2D eigenvalue weighted by Crippen LogP contribution is -2.37. The molecule has 0 aromatic carbocycles. The molecule has 1 aliphatic heterocycles. The van der Waals surface area contributed by atoms with Gasteiger partial charge in [0.2, 0.25) is 0 Å². The largest absolute Gasteiger partial charge is 0.463 e. The molecule has 4 atom stereocenters. The zero-order valence-electron chi connectivity index (χ0n) is 12.1. The Morgan fingerprint density at radius 1 is 1.41 bits per heavy atom. The van der Waals surface area contributed by atoms with E-state index in [1.165, 1.54) is 0 Å². The van der Waals surface area contributed by atoms with Crippen LogP contribution in [-0.4, -0.2) is 50.7 Å². The Balaban J connectivity index is 2.11. The van der Waals surface area contributed by atoms with Crippen LogP contribution in [-0.2, 0) is 14.3 Å². The number of aromatic amines is 1. The number of aliphatic hydroxyl groups is 2. The van der Waals surface area contributed by atoms with Gasteiger partial charge in [-0.15, -0.1) is 0 Å². The minimum atomic E-state index is -1.40. The molecule has 1 saturated heterocycles. The Morgan fingerprint density at radius 3 is 2.68 bits per heavy atom. The first-order valence-corrected chi connectivity index (χ1v) is 6.81. The molecule has 1 aliphatic rings. The third-order valence-corrected chi connectivity index (χ3v) is 3.32. The number of rotatable bonds is 4. The first-order chi connectivity index (χ1) is 10.3. The Bertz CT molecular complexity index is 650. The van der Waals surface area contributed by atoms with Gasteiger partial charge in [-0.2, -0.15) is 0 Å². The number of ether oxygens (including phenoxy) is 2. The molecule has 0 saturated carbocycles. The number of hydrogen-bond donors (Lipinski definition) is 3. The fraction of sp³-hybridized carbons (Fsp3) is 0.615. The molecular formula is C13H18N2O7. The van der Waals surface area contributed by atoms with Crippen molar-refractivity contribution < 1.29 is 24.5 Å². The fourth-order valence-electron chi connectivity index (χ4n) is 2.06. The molecule has 2 rings (SSSR count). The Kier molecular flexibility index (Phi) is 4.79. The summed E-state index contributed by atoms with van der Waals surface area (Å²) < 4.78 is 11.3. The van der Waals surface area contributed by atoms with Gasteiger partial charge in [0.25, 0.3) is 5.56 Å². The van der Waals surface area contributed by atoms with E-state index in [1.54, 1.807) is 13.8 Å². The Morgan fingerprint density at radius 2 is 2.09 bits per heavy atom. The van der Waals surface area contributed by atoms with Gasteiger partial charge in [-0.3, -0.25) is 19.1 Å². The summed E-state index contributed by atoms with van der Waals surface area (Å²) in [6.45, 7) is 3.07. The molecule has 1 aromatic heterocycles. The molecule has 1 aromatic rings. The molecule has 9 nitrogen and oxygen atoms in total. The van der Waals surface area contributed by atoms with Crippen molar-refractivity contribution in [2.45, 2.75) is 38.4 Å². The highest BCUT2D eigenvalue weighted by Crippen LogP contribution is 2.28. The molecule has 22 heavy (non-hydrogen) atoms. The lowest BCUT2D eigenvalue weighted by molar-refractivity contribution is -0.153. The molecule has 1 unspecified atom stereocenters. The van der Waals surface area contributed by atoms with Crippen molar-refractivity contribution in [2.24, 2.45) is 5.92 Å². The SMILES string of the molecule is CC(C)C(=O)OCC1O[C@@H](n2ccc(=O)[nH]c2=O)[C@H](O)[C@@H]1O. The average molecular weight is 314 g/mol. The van der Waals surface area contributed by atoms with Crippen molar-refractivity contribution >= 4 is 5.97 Å². The molecular weight excluding hydrogens is 296 g/mol. The first-order valence-electron chi connectivity index (χ1n) is 6.81. The summed E-state index contributed by atoms with van der Waals surface area (Å²) in [5.41, 5.74) is -1.36. The minimum Gasteiger partial charge on any atom is -0.463 e. The highest BCUT2D eigenvalue weighted by molar-refractivity contribution is 5.71. The van der Waals surface area contributed by atoms with Crippen LogP contribution in [0.2, 0.25) is 0 Å². The van der Waals surface area contributed by atoms with Crippen LogP contribution >= 0.6 is 0 Å². The van der Waals surface area contributed by atoms with Gasteiger partial charge in [-0.05, 0) is 0 Å². The van der Waals surface area contributed by atoms with Gasteiger partial charge in [-0.1, -0.05) is 13.8 Å². The van der Waals surface area contributed by atoms with Crippen LogP contribution < -0.4 is 11.2 Å². The lowest BCUT2D eigenvalue weighted by atomic mass is 10.1. The molecule has 0 spiro atoms. The normalized spacial score (nSPS) is 28.0. The molecule has 122 valence electrons. The Hall–Kier alpha value is -1.97. The van der Waals surface area contributed by atoms with Crippen LogP contribution in [0.25, 0.3) is 0 Å².